The van der Waals surface area contributed by atoms with Gasteiger partial charge in [0, 0.05) is 12.6 Å². The van der Waals surface area contributed by atoms with Crippen molar-refractivity contribution in [3.05, 3.63) is 23.3 Å². The summed E-state index contributed by atoms with van der Waals surface area (Å²) in [6, 6.07) is 4.84. The Morgan fingerprint density at radius 1 is 1.25 bits per heavy atom. The van der Waals surface area contributed by atoms with Crippen molar-refractivity contribution >= 4 is 0 Å². The van der Waals surface area contributed by atoms with Crippen LogP contribution in [0.1, 0.15) is 50.3 Å². The highest BCUT2D eigenvalue weighted by Crippen LogP contribution is 2.53. The largest absolute Gasteiger partial charge is 0.493 e. The highest BCUT2D eigenvalue weighted by atomic mass is 16.6. The van der Waals surface area contributed by atoms with Crippen LogP contribution in [0.2, 0.25) is 0 Å². The molecule has 0 bridgehead atoms. The lowest BCUT2D eigenvalue weighted by Crippen LogP contribution is -2.44. The molecule has 0 aliphatic carbocycles. The highest BCUT2D eigenvalue weighted by molar-refractivity contribution is 5.49. The number of benzene rings is 1. The number of rotatable bonds is 4. The fourth-order valence-corrected chi connectivity index (χ4v) is 4.89. The summed E-state index contributed by atoms with van der Waals surface area (Å²) in [5.74, 6) is 2.38. The van der Waals surface area contributed by atoms with E-state index in [9.17, 15) is 0 Å². The van der Waals surface area contributed by atoms with Crippen LogP contribution in [0.3, 0.4) is 0 Å². The van der Waals surface area contributed by atoms with E-state index in [0.717, 1.165) is 37.4 Å². The monoisotopic (exact) mass is 331 g/mol. The third-order valence-electron chi connectivity index (χ3n) is 5.90. The number of fused-ring (bicyclic) bond motifs is 4. The molecule has 2 saturated heterocycles. The molecule has 3 aliphatic heterocycles. The summed E-state index contributed by atoms with van der Waals surface area (Å²) in [4.78, 5) is 2.66. The van der Waals surface area contributed by atoms with Gasteiger partial charge in [0.2, 0.25) is 0 Å². The van der Waals surface area contributed by atoms with Crippen LogP contribution in [0.5, 0.6) is 11.5 Å². The predicted octanol–water partition coefficient (Wildman–Crippen LogP) is 3.58. The molecule has 0 N–H and O–H groups in total. The molecular formula is C20H29NO3. The minimum atomic E-state index is 0.131. The molecule has 3 aliphatic rings. The summed E-state index contributed by atoms with van der Waals surface area (Å²) in [6.07, 6.45) is 5.03. The lowest BCUT2D eigenvalue weighted by Gasteiger charge is -2.37. The third kappa shape index (κ3) is 2.60. The third-order valence-corrected chi connectivity index (χ3v) is 5.90. The maximum absolute atomic E-state index is 6.23. The van der Waals surface area contributed by atoms with E-state index in [4.69, 9.17) is 14.2 Å². The molecule has 3 heterocycles. The lowest BCUT2D eigenvalue weighted by atomic mass is 9.84. The van der Waals surface area contributed by atoms with Gasteiger partial charge in [0.25, 0.3) is 0 Å². The van der Waals surface area contributed by atoms with E-state index >= 15 is 0 Å². The Bertz CT molecular complexity index is 630. The van der Waals surface area contributed by atoms with E-state index in [2.05, 4.69) is 30.9 Å². The zero-order chi connectivity index (χ0) is 16.9. The van der Waals surface area contributed by atoms with Crippen LogP contribution in [0.25, 0.3) is 0 Å². The molecule has 0 amide bonds. The van der Waals surface area contributed by atoms with Gasteiger partial charge in [0.1, 0.15) is 5.60 Å². The Morgan fingerprint density at radius 3 is 2.71 bits per heavy atom. The van der Waals surface area contributed by atoms with Crippen LogP contribution in [-0.4, -0.2) is 43.9 Å². The van der Waals surface area contributed by atoms with Gasteiger partial charge in [0.15, 0.2) is 11.5 Å². The molecule has 0 spiro atoms. The van der Waals surface area contributed by atoms with Gasteiger partial charge in [-0.25, -0.2) is 0 Å². The molecule has 24 heavy (non-hydrogen) atoms. The maximum Gasteiger partial charge on any atom is 0.161 e. The second-order valence-electron chi connectivity index (χ2n) is 8.00. The van der Waals surface area contributed by atoms with Crippen molar-refractivity contribution in [3.8, 4) is 11.5 Å². The Labute approximate surface area is 145 Å². The zero-order valence-corrected chi connectivity index (χ0v) is 15.3. The average Bonchev–Trinajstić information content (AvgIpc) is 3.27. The van der Waals surface area contributed by atoms with Crippen LogP contribution in [-0.2, 0) is 11.2 Å². The quantitative estimate of drug-likeness (QED) is 0.790. The fourth-order valence-electron chi connectivity index (χ4n) is 4.89. The summed E-state index contributed by atoms with van der Waals surface area (Å²) in [7, 11) is 3.43. The van der Waals surface area contributed by atoms with E-state index < -0.39 is 0 Å². The molecule has 3 unspecified atom stereocenters. The van der Waals surface area contributed by atoms with Crippen LogP contribution in [0, 0.1) is 5.92 Å². The molecule has 1 aromatic carbocycles. The van der Waals surface area contributed by atoms with Gasteiger partial charge in [-0.15, -0.1) is 0 Å². The number of nitrogens with zero attached hydrogens (tertiary/aromatic N) is 1. The molecule has 3 atom stereocenters. The SMILES string of the molecule is COc1cc2c(cc1OC)C1CC3OC3(CC(C)C)CN1CCC2. The van der Waals surface area contributed by atoms with Crippen molar-refractivity contribution in [1.29, 1.82) is 0 Å². The molecule has 0 aromatic heterocycles. The lowest BCUT2D eigenvalue weighted by molar-refractivity contribution is 0.122. The average molecular weight is 331 g/mol. The zero-order valence-electron chi connectivity index (χ0n) is 15.3. The van der Waals surface area contributed by atoms with E-state index in [1.807, 2.05) is 0 Å². The van der Waals surface area contributed by atoms with Crippen LogP contribution in [0.4, 0.5) is 0 Å². The predicted molar refractivity (Wildman–Crippen MR) is 93.9 cm³/mol. The number of hydrogen-bond acceptors (Lipinski definition) is 4. The molecular weight excluding hydrogens is 302 g/mol. The first-order valence-electron chi connectivity index (χ1n) is 9.23. The minimum Gasteiger partial charge on any atom is -0.493 e. The number of epoxide rings is 1. The molecule has 2 fully saturated rings. The topological polar surface area (TPSA) is 34.2 Å². The van der Waals surface area contributed by atoms with Crippen molar-refractivity contribution in [3.63, 3.8) is 0 Å². The number of piperidine rings is 1. The van der Waals surface area contributed by atoms with Gasteiger partial charge in [-0.1, -0.05) is 13.8 Å². The standard InChI is InChI=1S/C20H29NO3/c1-13(2)11-20-12-21-7-5-6-14-8-17(22-3)18(23-4)9-15(14)16(21)10-19(20)24-20/h8-9,13,16,19H,5-7,10-12H2,1-4H3. The molecule has 0 radical (unpaired) electrons. The Balaban J connectivity index is 1.65. The molecule has 4 heteroatoms. The molecule has 132 valence electrons. The second-order valence-corrected chi connectivity index (χ2v) is 8.00. The number of aryl methyl sites for hydroxylation is 1. The summed E-state index contributed by atoms with van der Waals surface area (Å²) in [5, 5.41) is 0. The van der Waals surface area contributed by atoms with Crippen molar-refractivity contribution in [2.24, 2.45) is 5.92 Å². The summed E-state index contributed by atoms with van der Waals surface area (Å²) < 4.78 is 17.3. The fraction of sp³-hybridized carbons (Fsp3) is 0.700. The van der Waals surface area contributed by atoms with Gasteiger partial charge in [-0.05, 0) is 61.4 Å². The van der Waals surface area contributed by atoms with Crippen LogP contribution >= 0.6 is 0 Å². The first kappa shape index (κ1) is 16.2. The Kier molecular flexibility index (Phi) is 4.00. The molecule has 0 saturated carbocycles. The minimum absolute atomic E-state index is 0.131. The van der Waals surface area contributed by atoms with Crippen LogP contribution in [0.15, 0.2) is 12.1 Å². The first-order valence-corrected chi connectivity index (χ1v) is 9.23. The maximum atomic E-state index is 6.23. The Morgan fingerprint density at radius 2 is 2.00 bits per heavy atom. The normalized spacial score (nSPS) is 31.7. The van der Waals surface area contributed by atoms with E-state index in [1.165, 1.54) is 24.0 Å². The van der Waals surface area contributed by atoms with Crippen LogP contribution < -0.4 is 9.47 Å². The van der Waals surface area contributed by atoms with Gasteiger partial charge in [-0.2, -0.15) is 0 Å². The summed E-state index contributed by atoms with van der Waals surface area (Å²) in [5.41, 5.74) is 2.96. The summed E-state index contributed by atoms with van der Waals surface area (Å²) >= 11 is 0. The summed E-state index contributed by atoms with van der Waals surface area (Å²) in [6.45, 7) is 6.83. The Hall–Kier alpha value is -1.26. The van der Waals surface area contributed by atoms with E-state index in [-0.39, 0.29) is 5.60 Å². The van der Waals surface area contributed by atoms with Crippen molar-refractivity contribution in [1.82, 2.24) is 4.90 Å². The highest BCUT2D eigenvalue weighted by Gasteiger charge is 2.61. The van der Waals surface area contributed by atoms with E-state index in [1.54, 1.807) is 14.2 Å². The second kappa shape index (κ2) is 5.92. The van der Waals surface area contributed by atoms with Gasteiger partial charge < -0.3 is 14.2 Å². The first-order chi connectivity index (χ1) is 11.6. The smallest absolute Gasteiger partial charge is 0.161 e. The van der Waals surface area contributed by atoms with Crippen molar-refractivity contribution in [2.45, 2.75) is 57.3 Å². The van der Waals surface area contributed by atoms with Crippen molar-refractivity contribution in [2.75, 3.05) is 27.3 Å². The molecule has 4 rings (SSSR count). The van der Waals surface area contributed by atoms with Gasteiger partial charge >= 0.3 is 0 Å². The van der Waals surface area contributed by atoms with E-state index in [0.29, 0.717) is 18.1 Å². The van der Waals surface area contributed by atoms with Crippen molar-refractivity contribution < 1.29 is 14.2 Å². The number of hydrogen-bond donors (Lipinski definition) is 0. The van der Waals surface area contributed by atoms with Gasteiger partial charge in [-0.3, -0.25) is 4.90 Å². The number of ether oxygens (including phenoxy) is 3. The molecule has 1 aromatic rings. The molecule has 4 nitrogen and oxygen atoms in total. The van der Waals surface area contributed by atoms with Gasteiger partial charge in [0.05, 0.1) is 20.3 Å². The number of methoxy groups -OCH3 is 2.